The van der Waals surface area contributed by atoms with E-state index in [-0.39, 0.29) is 0 Å². The number of anilines is 1. The van der Waals surface area contributed by atoms with E-state index in [9.17, 15) is 0 Å². The zero-order valence-electron chi connectivity index (χ0n) is 10.8. The summed E-state index contributed by atoms with van der Waals surface area (Å²) < 4.78 is 1.64. The molecule has 1 heterocycles. The molecule has 0 bridgehead atoms. The third kappa shape index (κ3) is 2.23. The molecule has 0 atom stereocenters. The third-order valence-corrected chi connectivity index (χ3v) is 3.31. The van der Waals surface area contributed by atoms with Crippen molar-refractivity contribution < 1.29 is 0 Å². The lowest BCUT2D eigenvalue weighted by atomic mass is 10.2. The fourth-order valence-corrected chi connectivity index (χ4v) is 2.13. The van der Waals surface area contributed by atoms with Gasteiger partial charge >= 0.3 is 0 Å². The van der Waals surface area contributed by atoms with E-state index in [1.807, 2.05) is 31.2 Å². The van der Waals surface area contributed by atoms with Crippen molar-refractivity contribution in [1.82, 2.24) is 20.2 Å². The Morgan fingerprint density at radius 1 is 1.10 bits per heavy atom. The molecule has 0 aliphatic carbocycles. The summed E-state index contributed by atoms with van der Waals surface area (Å²) >= 11 is 6.21. The summed E-state index contributed by atoms with van der Waals surface area (Å²) in [5.74, 6) is 0.561. The fraction of sp³-hybridized carbons (Fsp3) is 0.0714. The third-order valence-electron chi connectivity index (χ3n) is 2.98. The van der Waals surface area contributed by atoms with Crippen molar-refractivity contribution in [2.75, 3.05) is 5.73 Å². The highest BCUT2D eigenvalue weighted by atomic mass is 35.5. The van der Waals surface area contributed by atoms with E-state index < -0.39 is 0 Å². The molecule has 6 heteroatoms. The summed E-state index contributed by atoms with van der Waals surface area (Å²) in [6.07, 6.45) is 0. The van der Waals surface area contributed by atoms with Gasteiger partial charge < -0.3 is 5.73 Å². The summed E-state index contributed by atoms with van der Waals surface area (Å²) in [6.45, 7) is 2.03. The summed E-state index contributed by atoms with van der Waals surface area (Å²) in [7, 11) is 0. The van der Waals surface area contributed by atoms with E-state index >= 15 is 0 Å². The highest BCUT2D eigenvalue weighted by molar-refractivity contribution is 6.33. The predicted molar refractivity (Wildman–Crippen MR) is 78.7 cm³/mol. The number of hydrogen-bond acceptors (Lipinski definition) is 4. The number of rotatable bonds is 2. The van der Waals surface area contributed by atoms with Crippen LogP contribution in [0.15, 0.2) is 42.5 Å². The van der Waals surface area contributed by atoms with Gasteiger partial charge in [-0.3, -0.25) is 0 Å². The molecule has 3 rings (SSSR count). The molecule has 0 saturated heterocycles. The Morgan fingerprint density at radius 2 is 1.85 bits per heavy atom. The van der Waals surface area contributed by atoms with Gasteiger partial charge in [-0.2, -0.15) is 4.68 Å². The number of aryl methyl sites for hydroxylation is 1. The molecule has 0 fully saturated rings. The maximum Gasteiger partial charge on any atom is 0.188 e. The zero-order chi connectivity index (χ0) is 14.1. The molecule has 0 radical (unpaired) electrons. The predicted octanol–water partition coefficient (Wildman–Crippen LogP) is 2.87. The standard InChI is InChI=1S/C14H12ClN5/c1-9-2-5-11(6-3-9)20-14(17-18-19-20)12-8-10(16)4-7-13(12)15/h2-8H,16H2,1H3. The van der Waals surface area contributed by atoms with Crippen molar-refractivity contribution in [1.29, 1.82) is 0 Å². The van der Waals surface area contributed by atoms with Crippen LogP contribution in [0.3, 0.4) is 0 Å². The number of tetrazole rings is 1. The molecule has 0 saturated carbocycles. The van der Waals surface area contributed by atoms with Crippen molar-refractivity contribution in [3.8, 4) is 17.1 Å². The summed E-state index contributed by atoms with van der Waals surface area (Å²) in [5, 5.41) is 12.4. The summed E-state index contributed by atoms with van der Waals surface area (Å²) in [4.78, 5) is 0. The minimum Gasteiger partial charge on any atom is -0.399 e. The smallest absolute Gasteiger partial charge is 0.188 e. The van der Waals surface area contributed by atoms with Crippen molar-refractivity contribution in [2.24, 2.45) is 0 Å². The van der Waals surface area contributed by atoms with E-state index in [0.29, 0.717) is 22.1 Å². The lowest BCUT2D eigenvalue weighted by Crippen LogP contribution is -2.00. The molecular formula is C14H12ClN5. The van der Waals surface area contributed by atoms with E-state index in [0.717, 1.165) is 5.69 Å². The Bertz CT molecular complexity index is 749. The van der Waals surface area contributed by atoms with Crippen molar-refractivity contribution in [3.63, 3.8) is 0 Å². The lowest BCUT2D eigenvalue weighted by Gasteiger charge is -2.07. The van der Waals surface area contributed by atoms with Gasteiger partial charge in [0.05, 0.1) is 10.7 Å². The SMILES string of the molecule is Cc1ccc(-n2nnnc2-c2cc(N)ccc2Cl)cc1. The van der Waals surface area contributed by atoms with E-state index in [4.69, 9.17) is 17.3 Å². The number of nitrogen functional groups attached to an aromatic ring is 1. The van der Waals surface area contributed by atoms with Crippen LogP contribution >= 0.6 is 11.6 Å². The molecule has 0 amide bonds. The van der Waals surface area contributed by atoms with Crippen molar-refractivity contribution >= 4 is 17.3 Å². The molecule has 2 aromatic carbocycles. The number of hydrogen-bond donors (Lipinski definition) is 1. The molecule has 1 aromatic heterocycles. The molecule has 100 valence electrons. The topological polar surface area (TPSA) is 69.6 Å². The normalized spacial score (nSPS) is 10.7. The van der Waals surface area contributed by atoms with Crippen LogP contribution in [0.5, 0.6) is 0 Å². The second-order valence-corrected chi connectivity index (χ2v) is 4.90. The number of nitrogens with zero attached hydrogens (tertiary/aromatic N) is 4. The monoisotopic (exact) mass is 285 g/mol. The minimum absolute atomic E-state index is 0.558. The first-order valence-corrected chi connectivity index (χ1v) is 6.44. The Hall–Kier alpha value is -2.40. The molecule has 0 unspecified atom stereocenters. The quantitative estimate of drug-likeness (QED) is 0.735. The van der Waals surface area contributed by atoms with E-state index in [2.05, 4.69) is 15.5 Å². The Balaban J connectivity index is 2.15. The highest BCUT2D eigenvalue weighted by Crippen LogP contribution is 2.29. The minimum atomic E-state index is 0.558. The van der Waals surface area contributed by atoms with Crippen LogP contribution in [0.4, 0.5) is 5.69 Å². The molecule has 0 spiro atoms. The van der Waals surface area contributed by atoms with Crippen molar-refractivity contribution in [3.05, 3.63) is 53.1 Å². The number of nitrogens with two attached hydrogens (primary N) is 1. The van der Waals surface area contributed by atoms with Crippen LogP contribution in [0.1, 0.15) is 5.56 Å². The van der Waals surface area contributed by atoms with Crippen LogP contribution in [0.25, 0.3) is 17.1 Å². The first-order valence-electron chi connectivity index (χ1n) is 6.06. The zero-order valence-corrected chi connectivity index (χ0v) is 11.5. The fourth-order valence-electron chi connectivity index (χ4n) is 1.93. The maximum atomic E-state index is 6.21. The van der Waals surface area contributed by atoms with Crippen LogP contribution in [0.2, 0.25) is 5.02 Å². The Kier molecular flexibility index (Phi) is 3.12. The van der Waals surface area contributed by atoms with Crippen molar-refractivity contribution in [2.45, 2.75) is 6.92 Å². The Labute approximate surface area is 121 Å². The van der Waals surface area contributed by atoms with Gasteiger partial charge in [-0.1, -0.05) is 29.3 Å². The van der Waals surface area contributed by atoms with Crippen LogP contribution in [-0.2, 0) is 0 Å². The van der Waals surface area contributed by atoms with E-state index in [1.165, 1.54) is 5.56 Å². The van der Waals surface area contributed by atoms with Crippen LogP contribution in [0, 0.1) is 6.92 Å². The summed E-state index contributed by atoms with van der Waals surface area (Å²) in [6, 6.07) is 13.2. The molecule has 20 heavy (non-hydrogen) atoms. The highest BCUT2D eigenvalue weighted by Gasteiger charge is 2.14. The lowest BCUT2D eigenvalue weighted by molar-refractivity contribution is 0.791. The van der Waals surface area contributed by atoms with Gasteiger partial charge in [0.25, 0.3) is 0 Å². The van der Waals surface area contributed by atoms with Gasteiger partial charge in [-0.15, -0.1) is 5.10 Å². The average molecular weight is 286 g/mol. The molecule has 0 aliphatic heterocycles. The number of aromatic nitrogens is 4. The van der Waals surface area contributed by atoms with Gasteiger partial charge in [-0.05, 0) is 47.7 Å². The van der Waals surface area contributed by atoms with Gasteiger partial charge in [-0.25, -0.2) is 0 Å². The largest absolute Gasteiger partial charge is 0.399 e. The van der Waals surface area contributed by atoms with Crippen LogP contribution < -0.4 is 5.73 Å². The summed E-state index contributed by atoms with van der Waals surface area (Å²) in [5.41, 5.74) is 9.17. The van der Waals surface area contributed by atoms with Gasteiger partial charge in [0, 0.05) is 11.3 Å². The maximum absolute atomic E-state index is 6.21. The van der Waals surface area contributed by atoms with Gasteiger partial charge in [0.1, 0.15) is 0 Å². The number of benzene rings is 2. The first kappa shape index (κ1) is 12.6. The molecule has 2 N–H and O–H groups in total. The Morgan fingerprint density at radius 3 is 2.60 bits per heavy atom. The van der Waals surface area contributed by atoms with Gasteiger partial charge in [0.2, 0.25) is 0 Å². The second kappa shape index (κ2) is 4.94. The second-order valence-electron chi connectivity index (χ2n) is 4.49. The molecule has 3 aromatic rings. The average Bonchev–Trinajstić information content (AvgIpc) is 2.91. The van der Waals surface area contributed by atoms with E-state index in [1.54, 1.807) is 22.9 Å². The molecular weight excluding hydrogens is 274 g/mol. The van der Waals surface area contributed by atoms with Crippen LogP contribution in [-0.4, -0.2) is 20.2 Å². The first-order chi connectivity index (χ1) is 9.65. The molecule has 5 nitrogen and oxygen atoms in total. The van der Waals surface area contributed by atoms with Gasteiger partial charge in [0.15, 0.2) is 5.82 Å². The number of halogens is 1. The molecule has 0 aliphatic rings.